The molecule has 0 radical (unpaired) electrons. The van der Waals surface area contributed by atoms with Crippen LogP contribution >= 0.6 is 0 Å². The van der Waals surface area contributed by atoms with E-state index in [1.165, 1.54) is 18.4 Å². The first-order valence-corrected chi connectivity index (χ1v) is 15.5. The monoisotopic (exact) mass is 558 g/mol. The zero-order valence-electron chi connectivity index (χ0n) is 25.1. The van der Waals surface area contributed by atoms with E-state index in [0.29, 0.717) is 30.8 Å². The van der Waals surface area contributed by atoms with E-state index >= 15 is 0 Å². The zero-order valence-corrected chi connectivity index (χ0v) is 25.1. The maximum absolute atomic E-state index is 12.7. The van der Waals surface area contributed by atoms with E-state index in [9.17, 15) is 19.8 Å². The maximum atomic E-state index is 12.7. The number of carboxylic acid groups (broad SMARTS) is 1. The fraction of sp³-hybridized carbons (Fsp3) is 0.844. The second-order valence-electron chi connectivity index (χ2n) is 14.8. The average molecular weight is 559 g/mol. The summed E-state index contributed by atoms with van der Waals surface area (Å²) in [5, 5.41) is 27.8. The first kappa shape index (κ1) is 29.6. The Morgan fingerprint density at radius 3 is 2.55 bits per heavy atom. The highest BCUT2D eigenvalue weighted by Gasteiger charge is 2.62. The molecule has 3 saturated carbocycles. The van der Waals surface area contributed by atoms with Gasteiger partial charge in [0.15, 0.2) is 6.61 Å². The van der Waals surface area contributed by atoms with Gasteiger partial charge in [0.1, 0.15) is 0 Å². The smallest absolute Gasteiger partial charge is 0.305 e. The van der Waals surface area contributed by atoms with E-state index in [2.05, 4.69) is 37.3 Å². The molecule has 1 aliphatic heterocycles. The summed E-state index contributed by atoms with van der Waals surface area (Å²) in [5.74, 6) is 0.699. The topological polar surface area (TPSA) is 117 Å². The number of rotatable bonds is 7. The van der Waals surface area contributed by atoms with Crippen LogP contribution in [0, 0.1) is 34.5 Å². The summed E-state index contributed by atoms with van der Waals surface area (Å²) in [6.07, 6.45) is 11.9. The van der Waals surface area contributed by atoms with E-state index in [0.717, 1.165) is 50.7 Å². The normalized spacial score (nSPS) is 42.1. The average Bonchev–Trinajstić information content (AvgIpc) is 3.11. The van der Waals surface area contributed by atoms with E-state index < -0.39 is 17.6 Å². The number of nitrogens with one attached hydrogen (secondary N) is 1. The predicted octanol–water partition coefficient (Wildman–Crippen LogP) is 5.24. The summed E-state index contributed by atoms with van der Waals surface area (Å²) < 4.78 is 5.77. The number of fused-ring (bicyclic) bond motifs is 5. The molecule has 1 amide bonds. The number of carbonyl (C=O) groups is 2. The van der Waals surface area contributed by atoms with Crippen molar-refractivity contribution in [1.82, 2.24) is 5.32 Å². The van der Waals surface area contributed by atoms with Crippen LogP contribution in [0.15, 0.2) is 16.8 Å². The Labute approximate surface area is 239 Å². The van der Waals surface area contributed by atoms with E-state index in [1.807, 2.05) is 13.8 Å². The molecule has 5 aliphatic rings. The molecule has 8 nitrogen and oxygen atoms in total. The van der Waals surface area contributed by atoms with Crippen LogP contribution in [0.2, 0.25) is 0 Å². The van der Waals surface area contributed by atoms with Crippen molar-refractivity contribution in [3.05, 3.63) is 11.6 Å². The quantitative estimate of drug-likeness (QED) is 0.368. The standard InChI is InChI=1S/C32H50N2O6/c1-29(2)18-20(11-15-39-29)26(17-28(36)37)33-27(35)19-40-34-22-8-12-30(3)21(16-22)6-7-23-24(30)9-13-31(4)25(23)10-14-32(31,5)38/h16,20,23-26,38H,6-15,17-19H2,1-5H3,(H,33,35)(H,36,37)/b34-22-/t20-,23-,24+,25-,26+,30+,31+,32+/m1/s1. The highest BCUT2D eigenvalue weighted by molar-refractivity contribution is 5.96. The Balaban J connectivity index is 1.19. The fourth-order valence-electron chi connectivity index (χ4n) is 9.45. The lowest BCUT2D eigenvalue weighted by Gasteiger charge is -2.59. The van der Waals surface area contributed by atoms with Crippen molar-refractivity contribution < 1.29 is 29.4 Å². The molecule has 4 aliphatic carbocycles. The molecule has 0 unspecified atom stereocenters. The summed E-state index contributed by atoms with van der Waals surface area (Å²) in [4.78, 5) is 29.7. The van der Waals surface area contributed by atoms with Crippen LogP contribution in [-0.4, -0.2) is 58.3 Å². The lowest BCUT2D eigenvalue weighted by Crippen LogP contribution is -2.53. The first-order valence-electron chi connectivity index (χ1n) is 15.5. The van der Waals surface area contributed by atoms with Crippen LogP contribution in [-0.2, 0) is 19.2 Å². The number of amides is 1. The van der Waals surface area contributed by atoms with E-state index in [4.69, 9.17) is 9.57 Å². The molecule has 8 atom stereocenters. The number of hydrogen-bond donors (Lipinski definition) is 3. The molecular formula is C32H50N2O6. The summed E-state index contributed by atoms with van der Waals surface area (Å²) in [7, 11) is 0. The third-order valence-corrected chi connectivity index (χ3v) is 12.0. The van der Waals surface area contributed by atoms with Gasteiger partial charge >= 0.3 is 5.97 Å². The third-order valence-electron chi connectivity index (χ3n) is 12.0. The van der Waals surface area contributed by atoms with Gasteiger partial charge in [-0.1, -0.05) is 24.6 Å². The molecule has 3 N–H and O–H groups in total. The number of carbonyl (C=O) groups excluding carboxylic acids is 1. The van der Waals surface area contributed by atoms with Gasteiger partial charge in [0.25, 0.3) is 5.91 Å². The molecule has 5 rings (SSSR count). The van der Waals surface area contributed by atoms with Gasteiger partial charge in [0.2, 0.25) is 0 Å². The molecule has 0 spiro atoms. The molecule has 1 heterocycles. The molecule has 224 valence electrons. The van der Waals surface area contributed by atoms with Crippen molar-refractivity contribution in [3.8, 4) is 0 Å². The Bertz CT molecular complexity index is 1070. The largest absolute Gasteiger partial charge is 0.481 e. The third kappa shape index (κ3) is 5.47. The maximum Gasteiger partial charge on any atom is 0.305 e. The summed E-state index contributed by atoms with van der Waals surface area (Å²) in [6, 6.07) is -0.460. The molecule has 0 aromatic carbocycles. The molecule has 8 heteroatoms. The minimum Gasteiger partial charge on any atom is -0.481 e. The van der Waals surface area contributed by atoms with Crippen molar-refractivity contribution in [2.75, 3.05) is 13.2 Å². The van der Waals surface area contributed by atoms with Crippen molar-refractivity contribution in [3.63, 3.8) is 0 Å². The van der Waals surface area contributed by atoms with Gasteiger partial charge in [-0.2, -0.15) is 0 Å². The Hall–Kier alpha value is -1.93. The molecular weight excluding hydrogens is 508 g/mol. The predicted molar refractivity (Wildman–Crippen MR) is 153 cm³/mol. The van der Waals surface area contributed by atoms with Crippen LogP contribution in [0.25, 0.3) is 0 Å². The van der Waals surface area contributed by atoms with E-state index in [-0.39, 0.29) is 41.3 Å². The van der Waals surface area contributed by atoms with Gasteiger partial charge in [-0.3, -0.25) is 9.59 Å². The van der Waals surface area contributed by atoms with Crippen molar-refractivity contribution in [2.45, 2.75) is 122 Å². The molecule has 40 heavy (non-hydrogen) atoms. The minimum absolute atomic E-state index is 0.0336. The van der Waals surface area contributed by atoms with E-state index in [1.54, 1.807) is 0 Å². The van der Waals surface area contributed by atoms with Gasteiger partial charge in [0.05, 0.1) is 23.3 Å². The van der Waals surface area contributed by atoms with Crippen LogP contribution in [0.4, 0.5) is 0 Å². The van der Waals surface area contributed by atoms with Gasteiger partial charge < -0.3 is 25.1 Å². The fourth-order valence-corrected chi connectivity index (χ4v) is 9.45. The second kappa shape index (κ2) is 10.7. The zero-order chi connectivity index (χ0) is 28.9. The van der Waals surface area contributed by atoms with Crippen LogP contribution in [0.3, 0.4) is 0 Å². The van der Waals surface area contributed by atoms with Crippen LogP contribution < -0.4 is 5.32 Å². The lowest BCUT2D eigenvalue weighted by atomic mass is 9.46. The van der Waals surface area contributed by atoms with Crippen molar-refractivity contribution in [2.24, 2.45) is 39.7 Å². The molecule has 0 aromatic heterocycles. The number of aliphatic hydroxyl groups is 1. The van der Waals surface area contributed by atoms with Crippen LogP contribution in [0.5, 0.6) is 0 Å². The number of allylic oxidation sites excluding steroid dienone is 2. The molecule has 0 aromatic rings. The Kier molecular flexibility index (Phi) is 7.92. The van der Waals surface area contributed by atoms with Gasteiger partial charge in [-0.15, -0.1) is 0 Å². The number of hydrogen-bond acceptors (Lipinski definition) is 6. The number of aliphatic carboxylic acids is 1. The molecule has 1 saturated heterocycles. The highest BCUT2D eigenvalue weighted by Crippen LogP contribution is 2.67. The first-order chi connectivity index (χ1) is 18.7. The summed E-state index contributed by atoms with van der Waals surface area (Å²) in [6.45, 7) is 11.2. The molecule has 0 bridgehead atoms. The lowest BCUT2D eigenvalue weighted by molar-refractivity contribution is -0.139. The second-order valence-corrected chi connectivity index (χ2v) is 14.8. The molecule has 4 fully saturated rings. The van der Waals surface area contributed by atoms with Gasteiger partial charge in [-0.25, -0.2) is 0 Å². The minimum atomic E-state index is -0.928. The van der Waals surface area contributed by atoms with Crippen molar-refractivity contribution >= 4 is 17.6 Å². The number of ether oxygens (including phenoxy) is 1. The Morgan fingerprint density at radius 1 is 1.07 bits per heavy atom. The van der Waals surface area contributed by atoms with Crippen LogP contribution in [0.1, 0.15) is 105 Å². The van der Waals surface area contributed by atoms with Crippen molar-refractivity contribution in [1.29, 1.82) is 0 Å². The number of oxime groups is 1. The Morgan fingerprint density at radius 2 is 1.82 bits per heavy atom. The van der Waals surface area contributed by atoms with Gasteiger partial charge in [-0.05, 0) is 126 Å². The summed E-state index contributed by atoms with van der Waals surface area (Å²) >= 11 is 0. The number of nitrogens with zero attached hydrogens (tertiary/aromatic N) is 1. The highest BCUT2D eigenvalue weighted by atomic mass is 16.6. The summed E-state index contributed by atoms with van der Waals surface area (Å²) in [5.41, 5.74) is 1.66. The van der Waals surface area contributed by atoms with Gasteiger partial charge in [0, 0.05) is 12.6 Å². The number of carboxylic acids is 1. The SMILES string of the molecule is CC1(C)C[C@H]([C@H](CC(=O)O)NC(=O)CO/N=C2\C=C3CC[C@H]4[C@H]5CC[C@](C)(O)[C@@]5(C)CC[C@@H]4[C@@]3(C)CC2)CCO1.